The first kappa shape index (κ1) is 25.3. The van der Waals surface area contributed by atoms with E-state index >= 15 is 0 Å². The number of nitrogens with two attached hydrogens (primary N) is 1. The largest absolute Gasteiger partial charge is 0.377 e. The number of pyridine rings is 1. The molecular formula is C27H25ClFN7O2. The summed E-state index contributed by atoms with van der Waals surface area (Å²) in [6, 6.07) is 9.20. The van der Waals surface area contributed by atoms with Crippen LogP contribution in [0.1, 0.15) is 34.6 Å². The number of hydrogen-bond donors (Lipinski definition) is 3. The Hall–Kier alpha value is -4.31. The van der Waals surface area contributed by atoms with E-state index in [4.69, 9.17) is 17.3 Å². The van der Waals surface area contributed by atoms with Crippen molar-refractivity contribution in [1.29, 1.82) is 0 Å². The van der Waals surface area contributed by atoms with Crippen LogP contribution in [-0.2, 0) is 4.79 Å². The molecule has 1 atom stereocenters. The highest BCUT2D eigenvalue weighted by Crippen LogP contribution is 2.37. The monoisotopic (exact) mass is 533 g/mol. The van der Waals surface area contributed by atoms with Crippen molar-refractivity contribution in [2.75, 3.05) is 29.9 Å². The van der Waals surface area contributed by atoms with Crippen molar-refractivity contribution in [3.63, 3.8) is 0 Å². The maximum atomic E-state index is 14.7. The van der Waals surface area contributed by atoms with Crippen LogP contribution in [0.3, 0.4) is 0 Å². The average molecular weight is 534 g/mol. The number of nitrogens with one attached hydrogen (secondary N) is 2. The van der Waals surface area contributed by atoms with Gasteiger partial charge in [0.2, 0.25) is 17.8 Å². The second-order valence-corrected chi connectivity index (χ2v) is 9.51. The number of aryl methyl sites for hydroxylation is 1. The number of fused-ring (bicyclic) bond motifs is 1. The summed E-state index contributed by atoms with van der Waals surface area (Å²) in [5.74, 6) is -0.678. The maximum Gasteiger partial charge on any atom is 0.248 e. The van der Waals surface area contributed by atoms with Crippen LogP contribution in [0.4, 0.5) is 16.0 Å². The van der Waals surface area contributed by atoms with Gasteiger partial charge in [-0.25, -0.2) is 14.4 Å². The van der Waals surface area contributed by atoms with Gasteiger partial charge in [-0.2, -0.15) is 0 Å². The van der Waals surface area contributed by atoms with E-state index in [0.717, 1.165) is 16.5 Å². The second kappa shape index (κ2) is 10.2. The zero-order valence-corrected chi connectivity index (χ0v) is 21.5. The molecule has 1 aliphatic heterocycles. The Morgan fingerprint density at radius 1 is 1.18 bits per heavy atom. The zero-order chi connectivity index (χ0) is 27.0. The van der Waals surface area contributed by atoms with Crippen LogP contribution < -0.4 is 21.3 Å². The number of primary amides is 1. The number of anilines is 2. The number of benzene rings is 2. The summed E-state index contributed by atoms with van der Waals surface area (Å²) in [5, 5.41) is 7.23. The zero-order valence-electron chi connectivity index (χ0n) is 20.8. The second-order valence-electron chi connectivity index (χ2n) is 9.13. The smallest absolute Gasteiger partial charge is 0.248 e. The molecule has 4 N–H and O–H groups in total. The van der Waals surface area contributed by atoms with Gasteiger partial charge in [0.25, 0.3) is 0 Å². The Bertz CT molecular complexity index is 1560. The van der Waals surface area contributed by atoms with Crippen LogP contribution >= 0.6 is 11.6 Å². The van der Waals surface area contributed by atoms with Gasteiger partial charge in [-0.3, -0.25) is 14.6 Å². The summed E-state index contributed by atoms with van der Waals surface area (Å²) in [7, 11) is 0. The minimum absolute atomic E-state index is 0.0615. The van der Waals surface area contributed by atoms with Gasteiger partial charge in [0.05, 0.1) is 34.5 Å². The number of halogens is 2. The molecule has 0 spiro atoms. The van der Waals surface area contributed by atoms with Crippen molar-refractivity contribution in [3.8, 4) is 11.1 Å². The molecule has 1 aliphatic rings. The fourth-order valence-electron chi connectivity index (χ4n) is 4.45. The standard InChI is InChI=1S/C27H25ClFN7O2/c1-14(19-10-17(26(30)38)3-5-21(19)29)35-25-20-9-16(4-6-22(20)34-15(2)24(25)28)18-11-32-27(33-12-18)36-8-7-31-23(37)13-36/h3-6,9-12,14H,7-8,13H2,1-2H3,(H2,30,38)(H,31,37)(H,34,35)/t14-/m1/s1. The van der Waals surface area contributed by atoms with E-state index in [2.05, 4.69) is 25.6 Å². The van der Waals surface area contributed by atoms with Crippen molar-refractivity contribution >= 4 is 46.0 Å². The molecule has 4 aromatic rings. The molecule has 2 amide bonds. The van der Waals surface area contributed by atoms with Gasteiger partial charge in [0, 0.05) is 47.6 Å². The maximum absolute atomic E-state index is 14.7. The Balaban J connectivity index is 1.50. The highest BCUT2D eigenvalue weighted by molar-refractivity contribution is 6.35. The Kier molecular flexibility index (Phi) is 6.81. The lowest BCUT2D eigenvalue weighted by atomic mass is 10.0. The molecule has 1 saturated heterocycles. The Labute approximate surface area is 223 Å². The van der Waals surface area contributed by atoms with Gasteiger partial charge < -0.3 is 21.3 Å². The lowest BCUT2D eigenvalue weighted by Crippen LogP contribution is -2.48. The van der Waals surface area contributed by atoms with E-state index in [9.17, 15) is 14.0 Å². The predicted octanol–water partition coefficient (Wildman–Crippen LogP) is 4.00. The number of amides is 2. The van der Waals surface area contributed by atoms with Crippen LogP contribution in [-0.4, -0.2) is 46.4 Å². The molecule has 1 fully saturated rings. The minimum Gasteiger partial charge on any atom is -0.377 e. The van der Waals surface area contributed by atoms with Gasteiger partial charge in [0.15, 0.2) is 0 Å². The molecule has 0 bridgehead atoms. The number of carbonyl (C=O) groups excluding carboxylic acids is 2. The van der Waals surface area contributed by atoms with Crippen LogP contribution in [0.2, 0.25) is 5.02 Å². The van der Waals surface area contributed by atoms with Crippen molar-refractivity contribution in [2.24, 2.45) is 5.73 Å². The van der Waals surface area contributed by atoms with E-state index < -0.39 is 17.8 Å². The SMILES string of the molecule is Cc1nc2ccc(-c3cnc(N4CCNC(=O)C4)nc3)cc2c(N[C@H](C)c2cc(C(N)=O)ccc2F)c1Cl. The van der Waals surface area contributed by atoms with E-state index in [1.807, 2.05) is 23.1 Å². The molecule has 5 rings (SSSR count). The van der Waals surface area contributed by atoms with Crippen molar-refractivity contribution in [3.05, 3.63) is 76.5 Å². The molecule has 0 aliphatic carbocycles. The third kappa shape index (κ3) is 4.95. The molecule has 0 saturated carbocycles. The van der Waals surface area contributed by atoms with Gasteiger partial charge in [-0.05, 0) is 49.7 Å². The van der Waals surface area contributed by atoms with E-state index in [0.29, 0.717) is 41.0 Å². The first-order chi connectivity index (χ1) is 18.2. The van der Waals surface area contributed by atoms with E-state index in [1.54, 1.807) is 26.2 Å². The minimum atomic E-state index is -0.636. The summed E-state index contributed by atoms with van der Waals surface area (Å²) >= 11 is 6.69. The lowest BCUT2D eigenvalue weighted by molar-refractivity contribution is -0.120. The van der Waals surface area contributed by atoms with Gasteiger partial charge in [0.1, 0.15) is 5.82 Å². The summed E-state index contributed by atoms with van der Waals surface area (Å²) < 4.78 is 14.7. The number of piperazine rings is 1. The summed E-state index contributed by atoms with van der Waals surface area (Å²) in [6.45, 7) is 4.98. The lowest BCUT2D eigenvalue weighted by Gasteiger charge is -2.26. The fraction of sp³-hybridized carbons (Fsp3) is 0.222. The number of aromatic nitrogens is 3. The Morgan fingerprint density at radius 3 is 2.66 bits per heavy atom. The molecule has 11 heteroatoms. The molecule has 0 radical (unpaired) electrons. The Morgan fingerprint density at radius 2 is 1.95 bits per heavy atom. The summed E-state index contributed by atoms with van der Waals surface area (Å²) in [4.78, 5) is 38.7. The normalized spacial score (nSPS) is 14.3. The average Bonchev–Trinajstić information content (AvgIpc) is 2.91. The number of nitrogens with zero attached hydrogens (tertiary/aromatic N) is 4. The van der Waals surface area contributed by atoms with Crippen molar-refractivity contribution < 1.29 is 14.0 Å². The van der Waals surface area contributed by atoms with Crippen LogP contribution in [0.25, 0.3) is 22.0 Å². The number of rotatable bonds is 6. The third-order valence-corrected chi connectivity index (χ3v) is 6.95. The topological polar surface area (TPSA) is 126 Å². The van der Waals surface area contributed by atoms with Crippen LogP contribution in [0, 0.1) is 12.7 Å². The van der Waals surface area contributed by atoms with Crippen LogP contribution in [0.5, 0.6) is 0 Å². The van der Waals surface area contributed by atoms with Gasteiger partial charge in [-0.15, -0.1) is 0 Å². The third-order valence-electron chi connectivity index (χ3n) is 6.49. The van der Waals surface area contributed by atoms with Crippen molar-refractivity contribution in [2.45, 2.75) is 19.9 Å². The number of carbonyl (C=O) groups is 2. The number of hydrogen-bond acceptors (Lipinski definition) is 7. The highest BCUT2D eigenvalue weighted by Gasteiger charge is 2.20. The summed E-state index contributed by atoms with van der Waals surface area (Å²) in [5.41, 5.74) is 9.40. The van der Waals surface area contributed by atoms with E-state index in [-0.39, 0.29) is 23.6 Å². The van der Waals surface area contributed by atoms with Crippen molar-refractivity contribution in [1.82, 2.24) is 20.3 Å². The first-order valence-electron chi connectivity index (χ1n) is 12.0. The molecule has 194 valence electrons. The first-order valence-corrected chi connectivity index (χ1v) is 12.4. The highest BCUT2D eigenvalue weighted by atomic mass is 35.5. The molecule has 3 heterocycles. The molecule has 0 unspecified atom stereocenters. The van der Waals surface area contributed by atoms with Gasteiger partial charge in [-0.1, -0.05) is 17.7 Å². The molecular weight excluding hydrogens is 509 g/mol. The molecule has 38 heavy (non-hydrogen) atoms. The predicted molar refractivity (Wildman–Crippen MR) is 145 cm³/mol. The fourth-order valence-corrected chi connectivity index (χ4v) is 4.65. The quantitative estimate of drug-likeness (QED) is 0.342. The molecule has 2 aromatic carbocycles. The van der Waals surface area contributed by atoms with Gasteiger partial charge >= 0.3 is 0 Å². The summed E-state index contributed by atoms with van der Waals surface area (Å²) in [6.07, 6.45) is 3.42. The van der Waals surface area contributed by atoms with Crippen LogP contribution in [0.15, 0.2) is 48.8 Å². The molecule has 2 aromatic heterocycles. The molecule has 9 nitrogen and oxygen atoms in total. The van der Waals surface area contributed by atoms with E-state index in [1.165, 1.54) is 18.2 Å².